The number of piperidine rings is 1. The Morgan fingerprint density at radius 1 is 1.16 bits per heavy atom. The summed E-state index contributed by atoms with van der Waals surface area (Å²) < 4.78 is 0. The molecule has 0 aliphatic carbocycles. The van der Waals surface area contributed by atoms with Crippen LogP contribution in [0.5, 0.6) is 0 Å². The molecule has 3 N–H and O–H groups in total. The van der Waals surface area contributed by atoms with Crippen LogP contribution in [0.15, 0.2) is 12.1 Å². The van der Waals surface area contributed by atoms with Gasteiger partial charge in [0.15, 0.2) is 0 Å². The van der Waals surface area contributed by atoms with Crippen molar-refractivity contribution in [1.82, 2.24) is 10.6 Å². The number of rotatable bonds is 3. The number of carbonyl (C=O) groups excluding carboxylic acids is 2. The summed E-state index contributed by atoms with van der Waals surface area (Å²) in [7, 11) is 0. The third kappa shape index (κ3) is 4.00. The molecule has 2 atom stereocenters. The summed E-state index contributed by atoms with van der Waals surface area (Å²) in [5.74, 6) is -1.55. The number of nitrogens with one attached hydrogen (secondary N) is 2. The van der Waals surface area contributed by atoms with E-state index in [-0.39, 0.29) is 34.5 Å². The van der Waals surface area contributed by atoms with Crippen molar-refractivity contribution < 1.29 is 19.5 Å². The molecule has 1 heterocycles. The van der Waals surface area contributed by atoms with Crippen molar-refractivity contribution in [3.8, 4) is 0 Å². The predicted octanol–water partition coefficient (Wildman–Crippen LogP) is 2.42. The third-order valence-corrected chi connectivity index (χ3v) is 4.71. The van der Waals surface area contributed by atoms with Gasteiger partial charge >= 0.3 is 5.97 Å². The van der Waals surface area contributed by atoms with Crippen molar-refractivity contribution in [2.24, 2.45) is 5.41 Å². The number of amides is 2. The molecule has 1 fully saturated rings. The summed E-state index contributed by atoms with van der Waals surface area (Å²) in [4.78, 5) is 36.3. The highest BCUT2D eigenvalue weighted by Gasteiger charge is 2.38. The fourth-order valence-corrected chi connectivity index (χ4v) is 3.39. The first-order valence-electron chi connectivity index (χ1n) is 8.46. The molecule has 136 valence electrons. The molecule has 0 unspecified atom stereocenters. The minimum atomic E-state index is -1.12. The number of carboxylic acids is 1. The van der Waals surface area contributed by atoms with Crippen LogP contribution >= 0.6 is 0 Å². The lowest BCUT2D eigenvalue weighted by molar-refractivity contribution is -0.125. The van der Waals surface area contributed by atoms with Gasteiger partial charge in [-0.1, -0.05) is 32.9 Å². The van der Waals surface area contributed by atoms with Gasteiger partial charge in [-0.05, 0) is 36.8 Å². The van der Waals surface area contributed by atoms with Gasteiger partial charge in [0.05, 0.1) is 23.2 Å². The summed E-state index contributed by atoms with van der Waals surface area (Å²) >= 11 is 0. The van der Waals surface area contributed by atoms with E-state index in [1.807, 2.05) is 20.8 Å². The SMILES string of the molecule is Cc1ccc(C)c(C(=O)N[C@@H]2CCC(=O)N[C@H]2C(C)(C)C)c1C(=O)O. The summed E-state index contributed by atoms with van der Waals surface area (Å²) in [6.07, 6.45) is 0.878. The summed E-state index contributed by atoms with van der Waals surface area (Å²) in [5, 5.41) is 15.4. The van der Waals surface area contributed by atoms with E-state index in [1.165, 1.54) is 0 Å². The van der Waals surface area contributed by atoms with E-state index in [0.717, 1.165) is 0 Å². The first-order chi connectivity index (χ1) is 11.5. The zero-order valence-corrected chi connectivity index (χ0v) is 15.4. The number of carboxylic acid groups (broad SMARTS) is 1. The Morgan fingerprint density at radius 3 is 2.24 bits per heavy atom. The Labute approximate surface area is 148 Å². The largest absolute Gasteiger partial charge is 0.478 e. The molecule has 0 spiro atoms. The van der Waals surface area contributed by atoms with Gasteiger partial charge in [-0.2, -0.15) is 0 Å². The number of aromatic carboxylic acids is 1. The van der Waals surface area contributed by atoms with Crippen LogP contribution in [0.2, 0.25) is 0 Å². The molecule has 0 radical (unpaired) electrons. The molecule has 2 rings (SSSR count). The highest BCUT2D eigenvalue weighted by Crippen LogP contribution is 2.27. The van der Waals surface area contributed by atoms with E-state index in [4.69, 9.17) is 0 Å². The molecular formula is C19H26N2O4. The lowest BCUT2D eigenvalue weighted by Gasteiger charge is -2.41. The van der Waals surface area contributed by atoms with Crippen LogP contribution in [-0.4, -0.2) is 35.0 Å². The van der Waals surface area contributed by atoms with Gasteiger partial charge < -0.3 is 15.7 Å². The van der Waals surface area contributed by atoms with Gasteiger partial charge in [0.1, 0.15) is 0 Å². The van der Waals surface area contributed by atoms with Crippen molar-refractivity contribution in [3.63, 3.8) is 0 Å². The standard InChI is InChI=1S/C19H26N2O4/c1-10-6-7-11(2)15(18(24)25)14(10)17(23)20-12-8-9-13(22)21-16(12)19(3,4)5/h6-7,12,16H,8-9H2,1-5H3,(H,20,23)(H,21,22)(H,24,25)/t12-,16-/m1/s1. The Morgan fingerprint density at radius 2 is 1.72 bits per heavy atom. The Bertz CT molecular complexity index is 719. The number of hydrogen-bond acceptors (Lipinski definition) is 3. The van der Waals surface area contributed by atoms with E-state index in [2.05, 4.69) is 10.6 Å². The quantitative estimate of drug-likeness (QED) is 0.783. The van der Waals surface area contributed by atoms with Crippen molar-refractivity contribution >= 4 is 17.8 Å². The smallest absolute Gasteiger partial charge is 0.336 e. The van der Waals surface area contributed by atoms with Gasteiger partial charge in [0.2, 0.25) is 5.91 Å². The Balaban J connectivity index is 2.35. The number of benzene rings is 1. The molecule has 25 heavy (non-hydrogen) atoms. The fourth-order valence-electron chi connectivity index (χ4n) is 3.39. The zero-order chi connectivity index (χ0) is 18.9. The normalized spacial score (nSPS) is 20.8. The van der Waals surface area contributed by atoms with Crippen LogP contribution in [0.4, 0.5) is 0 Å². The molecular weight excluding hydrogens is 320 g/mol. The third-order valence-electron chi connectivity index (χ3n) is 4.71. The molecule has 1 aliphatic heterocycles. The minimum absolute atomic E-state index is 0.0246. The zero-order valence-electron chi connectivity index (χ0n) is 15.4. The van der Waals surface area contributed by atoms with Crippen molar-refractivity contribution in [2.75, 3.05) is 0 Å². The molecule has 1 aliphatic rings. The maximum Gasteiger partial charge on any atom is 0.336 e. The lowest BCUT2D eigenvalue weighted by atomic mass is 9.78. The minimum Gasteiger partial charge on any atom is -0.478 e. The molecule has 1 aromatic carbocycles. The van der Waals surface area contributed by atoms with Gasteiger partial charge in [0.25, 0.3) is 5.91 Å². The highest BCUT2D eigenvalue weighted by molar-refractivity contribution is 6.06. The summed E-state index contributed by atoms with van der Waals surface area (Å²) in [5.41, 5.74) is 1.16. The maximum absolute atomic E-state index is 12.9. The number of carbonyl (C=O) groups is 3. The van der Waals surface area contributed by atoms with E-state index in [9.17, 15) is 19.5 Å². The van der Waals surface area contributed by atoms with Crippen molar-refractivity contribution in [2.45, 2.75) is 59.5 Å². The number of aryl methyl sites for hydroxylation is 2. The van der Waals surface area contributed by atoms with Gasteiger partial charge in [-0.25, -0.2) is 4.79 Å². The average molecular weight is 346 g/mol. The average Bonchev–Trinajstić information content (AvgIpc) is 2.49. The molecule has 0 saturated carbocycles. The highest BCUT2D eigenvalue weighted by atomic mass is 16.4. The van der Waals surface area contributed by atoms with Gasteiger partial charge in [-0.15, -0.1) is 0 Å². The molecule has 1 aromatic rings. The molecule has 1 saturated heterocycles. The van der Waals surface area contributed by atoms with E-state index >= 15 is 0 Å². The molecule has 2 amide bonds. The number of hydrogen-bond donors (Lipinski definition) is 3. The van der Waals surface area contributed by atoms with Crippen LogP contribution in [-0.2, 0) is 4.79 Å². The van der Waals surface area contributed by atoms with Crippen LogP contribution < -0.4 is 10.6 Å². The summed E-state index contributed by atoms with van der Waals surface area (Å²) in [6, 6.07) is 3.00. The lowest BCUT2D eigenvalue weighted by Crippen LogP contribution is -2.60. The molecule has 0 aromatic heterocycles. The molecule has 0 bridgehead atoms. The van der Waals surface area contributed by atoms with Crippen LogP contribution in [0.3, 0.4) is 0 Å². The Hall–Kier alpha value is -2.37. The first kappa shape index (κ1) is 19.0. The Kier molecular flexibility index (Phi) is 5.20. The fraction of sp³-hybridized carbons (Fsp3) is 0.526. The first-order valence-corrected chi connectivity index (χ1v) is 8.46. The van der Waals surface area contributed by atoms with Crippen LogP contribution in [0.25, 0.3) is 0 Å². The van der Waals surface area contributed by atoms with E-state index in [0.29, 0.717) is 24.0 Å². The topological polar surface area (TPSA) is 95.5 Å². The molecule has 6 heteroatoms. The van der Waals surface area contributed by atoms with Crippen molar-refractivity contribution in [3.05, 3.63) is 34.4 Å². The van der Waals surface area contributed by atoms with E-state index < -0.39 is 11.9 Å². The monoisotopic (exact) mass is 346 g/mol. The second kappa shape index (κ2) is 6.86. The second-order valence-electron chi connectivity index (χ2n) is 7.78. The van der Waals surface area contributed by atoms with Gasteiger partial charge in [-0.3, -0.25) is 9.59 Å². The predicted molar refractivity (Wildman–Crippen MR) is 94.7 cm³/mol. The maximum atomic E-state index is 12.9. The second-order valence-corrected chi connectivity index (χ2v) is 7.78. The van der Waals surface area contributed by atoms with Crippen LogP contribution in [0, 0.1) is 19.3 Å². The molecule has 6 nitrogen and oxygen atoms in total. The van der Waals surface area contributed by atoms with E-state index in [1.54, 1.807) is 26.0 Å². The summed E-state index contributed by atoms with van der Waals surface area (Å²) in [6.45, 7) is 9.41. The van der Waals surface area contributed by atoms with Crippen molar-refractivity contribution in [1.29, 1.82) is 0 Å². The van der Waals surface area contributed by atoms with Gasteiger partial charge in [0, 0.05) is 6.42 Å². The van der Waals surface area contributed by atoms with Crippen LogP contribution in [0.1, 0.15) is 65.5 Å².